The number of alkyl halides is 1. The van der Waals surface area contributed by atoms with Crippen molar-refractivity contribution in [3.05, 3.63) is 46.0 Å². The Hall–Kier alpha value is -0.900. The van der Waals surface area contributed by atoms with Gasteiger partial charge in [0.05, 0.1) is 0 Å². The number of benzene rings is 1. The van der Waals surface area contributed by atoms with E-state index in [0.717, 1.165) is 5.56 Å². The number of halogens is 1. The van der Waals surface area contributed by atoms with Gasteiger partial charge in [-0.25, -0.2) is 0 Å². The van der Waals surface area contributed by atoms with Crippen molar-refractivity contribution in [2.75, 3.05) is 0 Å². The second kappa shape index (κ2) is 5.85. The molecule has 0 spiro atoms. The second-order valence-electron chi connectivity index (χ2n) is 3.65. The van der Waals surface area contributed by atoms with Crippen LogP contribution in [0, 0.1) is 10.1 Å². The zero-order chi connectivity index (χ0) is 11.3. The summed E-state index contributed by atoms with van der Waals surface area (Å²) in [5, 5.41) is 10.8. The lowest BCUT2D eigenvalue weighted by atomic mass is 10.0. The smallest absolute Gasteiger partial charge is 0.218 e. The van der Waals surface area contributed by atoms with Crippen LogP contribution >= 0.6 is 15.9 Å². The third-order valence-electron chi connectivity index (χ3n) is 2.21. The molecule has 0 fully saturated rings. The minimum Gasteiger partial charge on any atom is -0.264 e. The van der Waals surface area contributed by atoms with Gasteiger partial charge in [-0.15, -0.1) is 0 Å². The van der Waals surface area contributed by atoms with E-state index >= 15 is 0 Å². The zero-order valence-corrected chi connectivity index (χ0v) is 10.2. The van der Waals surface area contributed by atoms with E-state index in [1.165, 1.54) is 0 Å². The van der Waals surface area contributed by atoms with Crippen LogP contribution in [-0.2, 0) is 6.42 Å². The van der Waals surface area contributed by atoms with E-state index in [4.69, 9.17) is 0 Å². The Morgan fingerprint density at radius 1 is 1.40 bits per heavy atom. The topological polar surface area (TPSA) is 43.1 Å². The molecule has 0 bridgehead atoms. The van der Waals surface area contributed by atoms with E-state index in [2.05, 4.69) is 15.9 Å². The van der Waals surface area contributed by atoms with Crippen LogP contribution in [0.15, 0.2) is 30.3 Å². The maximum atomic E-state index is 10.8. The Bertz CT molecular complexity index is 314. The van der Waals surface area contributed by atoms with E-state index < -0.39 is 6.04 Å². The van der Waals surface area contributed by atoms with Gasteiger partial charge in [0.1, 0.15) is 0 Å². The molecular formula is C11H14BrNO2. The maximum absolute atomic E-state index is 10.8. The summed E-state index contributed by atoms with van der Waals surface area (Å²) in [5.41, 5.74) is 1.02. The van der Waals surface area contributed by atoms with E-state index in [9.17, 15) is 10.1 Å². The highest BCUT2D eigenvalue weighted by Crippen LogP contribution is 2.14. The minimum atomic E-state index is -0.498. The number of hydrogen-bond acceptors (Lipinski definition) is 2. The van der Waals surface area contributed by atoms with Gasteiger partial charge >= 0.3 is 0 Å². The van der Waals surface area contributed by atoms with Crippen LogP contribution in [0.3, 0.4) is 0 Å². The molecule has 0 saturated carbocycles. The Balaban J connectivity index is 2.63. The van der Waals surface area contributed by atoms with Crippen LogP contribution in [0.25, 0.3) is 0 Å². The molecule has 0 saturated heterocycles. The fourth-order valence-electron chi connectivity index (χ4n) is 1.51. The fourth-order valence-corrected chi connectivity index (χ4v) is 1.94. The largest absolute Gasteiger partial charge is 0.264 e. The molecule has 0 radical (unpaired) electrons. The monoisotopic (exact) mass is 271 g/mol. The number of rotatable bonds is 5. The van der Waals surface area contributed by atoms with E-state index in [-0.39, 0.29) is 9.75 Å². The summed E-state index contributed by atoms with van der Waals surface area (Å²) in [5.74, 6) is 0. The maximum Gasteiger partial charge on any atom is 0.218 e. The van der Waals surface area contributed by atoms with Crippen molar-refractivity contribution in [3.63, 3.8) is 0 Å². The van der Waals surface area contributed by atoms with Crippen LogP contribution in [0.5, 0.6) is 0 Å². The Morgan fingerprint density at radius 3 is 2.47 bits per heavy atom. The van der Waals surface area contributed by atoms with Gasteiger partial charge in [-0.1, -0.05) is 53.2 Å². The summed E-state index contributed by atoms with van der Waals surface area (Å²) in [6.45, 7) is 1.93. The molecule has 15 heavy (non-hydrogen) atoms. The summed E-state index contributed by atoms with van der Waals surface area (Å²) in [4.78, 5) is 10.8. The number of hydrogen-bond donors (Lipinski definition) is 0. The van der Waals surface area contributed by atoms with Crippen molar-refractivity contribution in [3.8, 4) is 0 Å². The van der Waals surface area contributed by atoms with Gasteiger partial charge in [-0.2, -0.15) is 0 Å². The molecule has 0 aliphatic rings. The third-order valence-corrected chi connectivity index (χ3v) is 2.58. The van der Waals surface area contributed by atoms with Gasteiger partial charge in [-0.05, 0) is 5.56 Å². The lowest BCUT2D eigenvalue weighted by Gasteiger charge is -2.10. The molecule has 1 aromatic carbocycles. The predicted octanol–water partition coefficient (Wildman–Crippen LogP) is 3.05. The van der Waals surface area contributed by atoms with Gasteiger partial charge in [0.15, 0.2) is 0 Å². The number of nitrogens with zero attached hydrogens (tertiary/aromatic N) is 1. The molecule has 3 nitrogen and oxygen atoms in total. The first-order valence-corrected chi connectivity index (χ1v) is 5.82. The molecule has 0 N–H and O–H groups in total. The van der Waals surface area contributed by atoms with E-state index in [0.29, 0.717) is 12.8 Å². The zero-order valence-electron chi connectivity index (χ0n) is 8.60. The van der Waals surface area contributed by atoms with Crippen molar-refractivity contribution < 1.29 is 4.92 Å². The lowest BCUT2D eigenvalue weighted by Crippen LogP contribution is -2.24. The second-order valence-corrected chi connectivity index (χ2v) is 5.21. The molecule has 1 rings (SSSR count). The van der Waals surface area contributed by atoms with Crippen LogP contribution in [0.1, 0.15) is 18.9 Å². The van der Waals surface area contributed by atoms with Crippen molar-refractivity contribution >= 4 is 15.9 Å². The Kier molecular flexibility index (Phi) is 4.75. The predicted molar refractivity (Wildman–Crippen MR) is 63.9 cm³/mol. The van der Waals surface area contributed by atoms with E-state index in [1.54, 1.807) is 0 Å². The molecule has 1 aromatic rings. The van der Waals surface area contributed by atoms with Crippen molar-refractivity contribution in [1.82, 2.24) is 0 Å². The van der Waals surface area contributed by atoms with Gasteiger partial charge < -0.3 is 0 Å². The van der Waals surface area contributed by atoms with Gasteiger partial charge in [-0.3, -0.25) is 10.1 Å². The van der Waals surface area contributed by atoms with Crippen LogP contribution in [-0.4, -0.2) is 15.8 Å². The summed E-state index contributed by atoms with van der Waals surface area (Å²) in [6, 6.07) is 9.08. The molecule has 0 aromatic heterocycles. The van der Waals surface area contributed by atoms with Crippen molar-refractivity contribution in [1.29, 1.82) is 0 Å². The molecule has 0 aliphatic heterocycles. The Labute approximate surface area is 97.8 Å². The molecule has 0 heterocycles. The Morgan fingerprint density at radius 2 is 2.00 bits per heavy atom. The standard InChI is InChI=1S/C11H14BrNO2/c1-9(12)7-11(13(14)15)8-10-5-3-2-4-6-10/h2-6,9,11H,7-8H2,1H3. The van der Waals surface area contributed by atoms with Gasteiger partial charge in [0.25, 0.3) is 0 Å². The highest BCUT2D eigenvalue weighted by Gasteiger charge is 2.22. The van der Waals surface area contributed by atoms with Crippen molar-refractivity contribution in [2.24, 2.45) is 0 Å². The summed E-state index contributed by atoms with van der Waals surface area (Å²) in [7, 11) is 0. The minimum absolute atomic E-state index is 0.177. The normalized spacial score (nSPS) is 14.5. The summed E-state index contributed by atoms with van der Waals surface area (Å²) in [6.07, 6.45) is 1.06. The molecule has 0 amide bonds. The van der Waals surface area contributed by atoms with Crippen LogP contribution in [0.2, 0.25) is 0 Å². The van der Waals surface area contributed by atoms with E-state index in [1.807, 2.05) is 37.3 Å². The molecule has 4 heteroatoms. The highest BCUT2D eigenvalue weighted by molar-refractivity contribution is 9.09. The fraction of sp³-hybridized carbons (Fsp3) is 0.455. The summed E-state index contributed by atoms with van der Waals surface area (Å²) >= 11 is 3.35. The van der Waals surface area contributed by atoms with Crippen LogP contribution < -0.4 is 0 Å². The number of nitro groups is 1. The third kappa shape index (κ3) is 4.42. The lowest BCUT2D eigenvalue weighted by molar-refractivity contribution is -0.522. The average Bonchev–Trinajstić information content (AvgIpc) is 2.17. The molecule has 2 unspecified atom stereocenters. The molecular weight excluding hydrogens is 258 g/mol. The molecule has 0 aliphatic carbocycles. The van der Waals surface area contributed by atoms with Crippen molar-refractivity contribution in [2.45, 2.75) is 30.6 Å². The average molecular weight is 272 g/mol. The van der Waals surface area contributed by atoms with Crippen LogP contribution in [0.4, 0.5) is 0 Å². The van der Waals surface area contributed by atoms with Gasteiger partial charge in [0, 0.05) is 22.6 Å². The summed E-state index contributed by atoms with van der Waals surface area (Å²) < 4.78 is 0. The quantitative estimate of drug-likeness (QED) is 0.469. The first-order valence-electron chi connectivity index (χ1n) is 4.91. The highest BCUT2D eigenvalue weighted by atomic mass is 79.9. The SMILES string of the molecule is CC(Br)CC(Cc1ccccc1)[N+](=O)[O-]. The first kappa shape index (κ1) is 12.2. The molecule has 2 atom stereocenters. The van der Waals surface area contributed by atoms with Gasteiger partial charge in [0.2, 0.25) is 6.04 Å². The first-order chi connectivity index (χ1) is 7.09. The molecule has 82 valence electrons.